The number of aromatic nitrogens is 2. The number of aliphatic carboxylic acids is 1. The lowest BCUT2D eigenvalue weighted by Crippen LogP contribution is -2.04. The van der Waals surface area contributed by atoms with Gasteiger partial charge in [-0.05, 0) is 55.7 Å². The predicted molar refractivity (Wildman–Crippen MR) is 126 cm³/mol. The molecule has 0 atom stereocenters. The maximum atomic E-state index is 10.8. The molecule has 0 saturated carbocycles. The van der Waals surface area contributed by atoms with E-state index in [1.165, 1.54) is 0 Å². The molecule has 0 amide bonds. The van der Waals surface area contributed by atoms with Gasteiger partial charge in [0.25, 0.3) is 0 Å². The standard InChI is InChI=1S/C27H26N2O4/c1-18-16-23(11-8-20(18)10-13-26(30)31)32-15-14-24-19(2)33-27(29-24)22-9-12-25(28-17-22)21-6-4-3-5-7-21/h3-9,11-12,16-17H,10,13-15H2,1-2H3,(H,30,31). The molecule has 0 spiro atoms. The molecule has 2 aromatic heterocycles. The van der Waals surface area contributed by atoms with Gasteiger partial charge in [-0.25, -0.2) is 4.98 Å². The minimum absolute atomic E-state index is 0.124. The first-order valence-corrected chi connectivity index (χ1v) is 10.9. The molecule has 0 aliphatic heterocycles. The van der Waals surface area contributed by atoms with E-state index in [1.54, 1.807) is 6.20 Å². The van der Waals surface area contributed by atoms with E-state index in [4.69, 9.17) is 14.3 Å². The minimum atomic E-state index is -0.792. The fourth-order valence-electron chi connectivity index (χ4n) is 3.63. The van der Waals surface area contributed by atoms with Gasteiger partial charge in [0.1, 0.15) is 11.5 Å². The molecule has 0 saturated heterocycles. The van der Waals surface area contributed by atoms with Crippen LogP contribution < -0.4 is 4.74 Å². The van der Waals surface area contributed by atoms with Crippen LogP contribution in [0.25, 0.3) is 22.7 Å². The van der Waals surface area contributed by atoms with Crippen LogP contribution in [0.5, 0.6) is 5.75 Å². The maximum absolute atomic E-state index is 10.8. The average Bonchev–Trinajstić information content (AvgIpc) is 3.19. The number of carboxylic acid groups (broad SMARTS) is 1. The highest BCUT2D eigenvalue weighted by Crippen LogP contribution is 2.25. The molecule has 0 radical (unpaired) electrons. The summed E-state index contributed by atoms with van der Waals surface area (Å²) in [5.74, 6) is 1.28. The number of hydrogen-bond donors (Lipinski definition) is 1. The number of hydrogen-bond acceptors (Lipinski definition) is 5. The number of aryl methyl sites for hydroxylation is 3. The molecule has 0 bridgehead atoms. The molecule has 0 aliphatic rings. The van der Waals surface area contributed by atoms with E-state index >= 15 is 0 Å². The second kappa shape index (κ2) is 10.1. The molecular weight excluding hydrogens is 416 g/mol. The molecule has 6 heteroatoms. The van der Waals surface area contributed by atoms with E-state index in [-0.39, 0.29) is 6.42 Å². The van der Waals surface area contributed by atoms with Gasteiger partial charge in [0.05, 0.1) is 23.6 Å². The summed E-state index contributed by atoms with van der Waals surface area (Å²) in [7, 11) is 0. The molecule has 4 aromatic rings. The molecular formula is C27H26N2O4. The van der Waals surface area contributed by atoms with Crippen molar-refractivity contribution in [2.75, 3.05) is 6.61 Å². The summed E-state index contributed by atoms with van der Waals surface area (Å²) in [6.07, 6.45) is 3.04. The quantitative estimate of drug-likeness (QED) is 0.360. The SMILES string of the molecule is Cc1cc(OCCc2nc(-c3ccc(-c4ccccc4)nc3)oc2C)ccc1CCC(=O)O. The summed E-state index contributed by atoms with van der Waals surface area (Å²) in [6, 6.07) is 19.7. The Kier molecular flexibility index (Phi) is 6.83. The van der Waals surface area contributed by atoms with E-state index in [0.29, 0.717) is 25.3 Å². The summed E-state index contributed by atoms with van der Waals surface area (Å²) < 4.78 is 11.8. The Morgan fingerprint density at radius 1 is 1.00 bits per heavy atom. The van der Waals surface area contributed by atoms with Crippen molar-refractivity contribution in [3.05, 3.63) is 89.4 Å². The third-order valence-corrected chi connectivity index (χ3v) is 5.50. The van der Waals surface area contributed by atoms with E-state index < -0.39 is 5.97 Å². The smallest absolute Gasteiger partial charge is 0.303 e. The summed E-state index contributed by atoms with van der Waals surface area (Å²) in [4.78, 5) is 20.0. The number of ether oxygens (including phenoxy) is 1. The maximum Gasteiger partial charge on any atom is 0.303 e. The Balaban J connectivity index is 1.36. The van der Waals surface area contributed by atoms with Crippen molar-refractivity contribution in [3.63, 3.8) is 0 Å². The summed E-state index contributed by atoms with van der Waals surface area (Å²) in [6.45, 7) is 4.33. The first-order valence-electron chi connectivity index (χ1n) is 10.9. The second-order valence-corrected chi connectivity index (χ2v) is 7.90. The highest BCUT2D eigenvalue weighted by molar-refractivity contribution is 5.67. The number of rotatable bonds is 9. The minimum Gasteiger partial charge on any atom is -0.493 e. The largest absolute Gasteiger partial charge is 0.493 e. The van der Waals surface area contributed by atoms with Gasteiger partial charge in [0.2, 0.25) is 5.89 Å². The van der Waals surface area contributed by atoms with E-state index in [9.17, 15) is 4.79 Å². The molecule has 168 valence electrons. The first-order chi connectivity index (χ1) is 16.0. The zero-order chi connectivity index (χ0) is 23.2. The van der Waals surface area contributed by atoms with Crippen molar-refractivity contribution in [1.29, 1.82) is 0 Å². The zero-order valence-electron chi connectivity index (χ0n) is 18.7. The van der Waals surface area contributed by atoms with Crippen molar-refractivity contribution in [1.82, 2.24) is 9.97 Å². The molecule has 33 heavy (non-hydrogen) atoms. The first kappa shape index (κ1) is 22.3. The molecule has 0 aliphatic carbocycles. The van der Waals surface area contributed by atoms with Crippen LogP contribution in [0, 0.1) is 13.8 Å². The van der Waals surface area contributed by atoms with Crippen LogP contribution in [0.3, 0.4) is 0 Å². The van der Waals surface area contributed by atoms with Gasteiger partial charge >= 0.3 is 5.97 Å². The van der Waals surface area contributed by atoms with E-state index in [0.717, 1.165) is 45.2 Å². The Labute approximate surface area is 192 Å². The lowest BCUT2D eigenvalue weighted by molar-refractivity contribution is -0.136. The van der Waals surface area contributed by atoms with Gasteiger partial charge in [-0.1, -0.05) is 36.4 Å². The van der Waals surface area contributed by atoms with Crippen LogP contribution in [0.2, 0.25) is 0 Å². The third kappa shape index (κ3) is 5.66. The Morgan fingerprint density at radius 2 is 1.82 bits per heavy atom. The Hall–Kier alpha value is -3.93. The van der Waals surface area contributed by atoms with Gasteiger partial charge in [0, 0.05) is 24.6 Å². The lowest BCUT2D eigenvalue weighted by Gasteiger charge is -2.09. The molecule has 0 fully saturated rings. The van der Waals surface area contributed by atoms with Gasteiger partial charge < -0.3 is 14.3 Å². The summed E-state index contributed by atoms with van der Waals surface area (Å²) >= 11 is 0. The van der Waals surface area contributed by atoms with Crippen LogP contribution in [0.1, 0.15) is 29.0 Å². The normalized spacial score (nSPS) is 10.8. The number of carbonyl (C=O) groups is 1. The van der Waals surface area contributed by atoms with Crippen molar-refractivity contribution in [3.8, 4) is 28.5 Å². The van der Waals surface area contributed by atoms with Crippen LogP contribution in [0.4, 0.5) is 0 Å². The molecule has 4 rings (SSSR count). The second-order valence-electron chi connectivity index (χ2n) is 7.90. The number of nitrogens with zero attached hydrogens (tertiary/aromatic N) is 2. The predicted octanol–water partition coefficient (Wildman–Crippen LogP) is 5.66. The van der Waals surface area contributed by atoms with Gasteiger partial charge in [0.15, 0.2) is 0 Å². The number of benzene rings is 2. The highest BCUT2D eigenvalue weighted by atomic mass is 16.5. The highest BCUT2D eigenvalue weighted by Gasteiger charge is 2.13. The van der Waals surface area contributed by atoms with Gasteiger partial charge in [-0.2, -0.15) is 0 Å². The van der Waals surface area contributed by atoms with E-state index in [1.807, 2.05) is 74.5 Å². The van der Waals surface area contributed by atoms with E-state index in [2.05, 4.69) is 9.97 Å². The topological polar surface area (TPSA) is 85.5 Å². The van der Waals surface area contributed by atoms with Gasteiger partial charge in [-0.15, -0.1) is 0 Å². The monoisotopic (exact) mass is 442 g/mol. The molecule has 2 aromatic carbocycles. The van der Waals surface area contributed by atoms with Crippen LogP contribution >= 0.6 is 0 Å². The van der Waals surface area contributed by atoms with Crippen molar-refractivity contribution in [2.24, 2.45) is 0 Å². The number of pyridine rings is 1. The van der Waals surface area contributed by atoms with Crippen molar-refractivity contribution >= 4 is 5.97 Å². The zero-order valence-corrected chi connectivity index (χ0v) is 18.7. The molecule has 2 heterocycles. The van der Waals surface area contributed by atoms with Crippen LogP contribution in [-0.2, 0) is 17.6 Å². The summed E-state index contributed by atoms with van der Waals surface area (Å²) in [5, 5.41) is 8.86. The molecule has 0 unspecified atom stereocenters. The Bertz CT molecular complexity index is 1230. The summed E-state index contributed by atoms with van der Waals surface area (Å²) in [5.41, 5.74) is 5.70. The lowest BCUT2D eigenvalue weighted by atomic mass is 10.0. The van der Waals surface area contributed by atoms with Crippen LogP contribution in [-0.4, -0.2) is 27.7 Å². The van der Waals surface area contributed by atoms with Crippen LogP contribution in [0.15, 0.2) is 71.3 Å². The fourth-order valence-corrected chi connectivity index (χ4v) is 3.63. The average molecular weight is 443 g/mol. The third-order valence-electron chi connectivity index (χ3n) is 5.50. The van der Waals surface area contributed by atoms with Crippen molar-refractivity contribution in [2.45, 2.75) is 33.1 Å². The van der Waals surface area contributed by atoms with Gasteiger partial charge in [-0.3, -0.25) is 9.78 Å². The van der Waals surface area contributed by atoms with Crippen molar-refractivity contribution < 1.29 is 19.1 Å². The molecule has 6 nitrogen and oxygen atoms in total. The molecule has 1 N–H and O–H groups in total. The fraction of sp³-hybridized carbons (Fsp3) is 0.222. The Morgan fingerprint density at radius 3 is 2.52 bits per heavy atom. The number of carboxylic acids is 1. The number of oxazole rings is 1.